The van der Waals surface area contributed by atoms with Crippen molar-refractivity contribution in [2.75, 3.05) is 19.6 Å². The predicted molar refractivity (Wildman–Crippen MR) is 53.7 cm³/mol. The first-order valence-electron chi connectivity index (χ1n) is 4.02. The molecule has 3 N–H and O–H groups in total. The van der Waals surface area contributed by atoms with E-state index in [4.69, 9.17) is 10.8 Å². The Kier molecular flexibility index (Phi) is 3.10. The first kappa shape index (κ1) is 10.7. The molecule has 1 rings (SSSR count). The SMILES string of the molecule is C=C(Br)CN1CCC(N)(C(=O)O)C1. The Labute approximate surface area is 85.5 Å². The van der Waals surface area contributed by atoms with Crippen LogP contribution in [0.4, 0.5) is 0 Å². The van der Waals surface area contributed by atoms with Crippen LogP contribution in [-0.4, -0.2) is 41.1 Å². The van der Waals surface area contributed by atoms with Crippen LogP contribution in [0.2, 0.25) is 0 Å². The van der Waals surface area contributed by atoms with E-state index in [1.54, 1.807) is 0 Å². The lowest BCUT2D eigenvalue weighted by atomic mass is 10.0. The molecule has 1 heterocycles. The molecule has 0 aliphatic carbocycles. The summed E-state index contributed by atoms with van der Waals surface area (Å²) < 4.78 is 0.849. The highest BCUT2D eigenvalue weighted by atomic mass is 79.9. The lowest BCUT2D eigenvalue weighted by molar-refractivity contribution is -0.142. The fourth-order valence-corrected chi connectivity index (χ4v) is 1.82. The Hall–Kier alpha value is -0.390. The second-order valence-corrected chi connectivity index (χ2v) is 4.56. The van der Waals surface area contributed by atoms with E-state index in [-0.39, 0.29) is 0 Å². The second-order valence-electron chi connectivity index (χ2n) is 3.44. The van der Waals surface area contributed by atoms with Gasteiger partial charge in [-0.2, -0.15) is 0 Å². The molecule has 1 fully saturated rings. The van der Waals surface area contributed by atoms with E-state index in [9.17, 15) is 4.79 Å². The molecule has 0 aromatic heterocycles. The van der Waals surface area contributed by atoms with E-state index in [1.807, 2.05) is 4.90 Å². The van der Waals surface area contributed by atoms with Gasteiger partial charge >= 0.3 is 5.97 Å². The van der Waals surface area contributed by atoms with Crippen LogP contribution >= 0.6 is 15.9 Å². The number of carboxylic acids is 1. The third-order valence-corrected chi connectivity index (χ3v) is 2.45. The molecule has 74 valence electrons. The fourth-order valence-electron chi connectivity index (χ4n) is 1.47. The van der Waals surface area contributed by atoms with Gasteiger partial charge in [0.15, 0.2) is 0 Å². The minimum absolute atomic E-state index is 0.396. The van der Waals surface area contributed by atoms with Crippen LogP contribution < -0.4 is 5.73 Å². The summed E-state index contributed by atoms with van der Waals surface area (Å²) in [6.07, 6.45) is 0.503. The van der Waals surface area contributed by atoms with Gasteiger partial charge in [0.1, 0.15) is 5.54 Å². The maximum atomic E-state index is 10.8. The molecule has 1 aliphatic rings. The lowest BCUT2D eigenvalue weighted by Gasteiger charge is -2.19. The van der Waals surface area contributed by atoms with E-state index in [2.05, 4.69) is 22.5 Å². The van der Waals surface area contributed by atoms with E-state index in [0.717, 1.165) is 4.48 Å². The molecule has 1 aliphatic heterocycles. The van der Waals surface area contributed by atoms with E-state index in [1.165, 1.54) is 0 Å². The molecule has 0 saturated carbocycles. The third-order valence-electron chi connectivity index (χ3n) is 2.20. The molecule has 1 unspecified atom stereocenters. The second kappa shape index (κ2) is 3.77. The predicted octanol–water partition coefficient (Wildman–Crippen LogP) is 0.383. The molecular weight excluding hydrogens is 236 g/mol. The van der Waals surface area contributed by atoms with Crippen molar-refractivity contribution in [2.45, 2.75) is 12.0 Å². The van der Waals surface area contributed by atoms with Crippen LogP contribution in [0.3, 0.4) is 0 Å². The number of likely N-dealkylation sites (tertiary alicyclic amines) is 1. The number of hydrogen-bond acceptors (Lipinski definition) is 3. The van der Waals surface area contributed by atoms with Crippen LogP contribution in [0.1, 0.15) is 6.42 Å². The molecule has 0 spiro atoms. The number of hydrogen-bond donors (Lipinski definition) is 2. The van der Waals surface area contributed by atoms with Gasteiger partial charge in [0.25, 0.3) is 0 Å². The van der Waals surface area contributed by atoms with E-state index >= 15 is 0 Å². The molecule has 0 aromatic carbocycles. The molecule has 5 heteroatoms. The highest BCUT2D eigenvalue weighted by Gasteiger charge is 2.40. The van der Waals surface area contributed by atoms with Crippen molar-refractivity contribution in [1.29, 1.82) is 0 Å². The standard InChI is InChI=1S/C8H13BrN2O2/c1-6(9)4-11-3-2-8(10,5-11)7(12)13/h1-5,10H2,(H,12,13). The number of carboxylic acid groups (broad SMARTS) is 1. The van der Waals surface area contributed by atoms with Crippen molar-refractivity contribution in [3.8, 4) is 0 Å². The quantitative estimate of drug-likeness (QED) is 0.759. The Morgan fingerprint density at radius 2 is 2.38 bits per heavy atom. The van der Waals surface area contributed by atoms with Gasteiger partial charge in [0.2, 0.25) is 0 Å². The summed E-state index contributed by atoms with van der Waals surface area (Å²) in [5.74, 6) is -0.921. The zero-order valence-electron chi connectivity index (χ0n) is 7.29. The van der Waals surface area contributed by atoms with Gasteiger partial charge in [-0.05, 0) is 6.42 Å². The van der Waals surface area contributed by atoms with Crippen LogP contribution in [0.25, 0.3) is 0 Å². The number of nitrogens with zero attached hydrogens (tertiary/aromatic N) is 1. The zero-order chi connectivity index (χ0) is 10.1. The van der Waals surface area contributed by atoms with Gasteiger partial charge in [-0.1, -0.05) is 22.5 Å². The molecule has 4 nitrogen and oxygen atoms in total. The normalized spacial score (nSPS) is 29.1. The summed E-state index contributed by atoms with van der Waals surface area (Å²) in [6.45, 7) is 5.47. The van der Waals surface area contributed by atoms with Crippen molar-refractivity contribution in [1.82, 2.24) is 4.90 Å². The number of halogens is 1. The molecule has 0 bridgehead atoms. The largest absolute Gasteiger partial charge is 0.480 e. The van der Waals surface area contributed by atoms with Gasteiger partial charge in [0.05, 0.1) is 0 Å². The summed E-state index contributed by atoms with van der Waals surface area (Å²) in [5, 5.41) is 8.84. The molecule has 0 radical (unpaired) electrons. The highest BCUT2D eigenvalue weighted by molar-refractivity contribution is 9.11. The smallest absolute Gasteiger partial charge is 0.325 e. The minimum Gasteiger partial charge on any atom is -0.480 e. The molecule has 1 saturated heterocycles. The Balaban J connectivity index is 2.53. The van der Waals surface area contributed by atoms with Crippen molar-refractivity contribution >= 4 is 21.9 Å². The Morgan fingerprint density at radius 1 is 1.77 bits per heavy atom. The maximum absolute atomic E-state index is 10.8. The molecular formula is C8H13BrN2O2. The van der Waals surface area contributed by atoms with E-state index in [0.29, 0.717) is 26.1 Å². The van der Waals surface area contributed by atoms with E-state index < -0.39 is 11.5 Å². The van der Waals surface area contributed by atoms with Gasteiger partial charge in [-0.25, -0.2) is 0 Å². The summed E-state index contributed by atoms with van der Waals surface area (Å²) in [4.78, 5) is 12.7. The van der Waals surface area contributed by atoms with Gasteiger partial charge in [-0.15, -0.1) is 0 Å². The third kappa shape index (κ3) is 2.52. The molecule has 0 aromatic rings. The minimum atomic E-state index is -1.07. The van der Waals surface area contributed by atoms with Crippen LogP contribution in [0.15, 0.2) is 11.1 Å². The lowest BCUT2D eigenvalue weighted by Crippen LogP contribution is -2.50. The zero-order valence-corrected chi connectivity index (χ0v) is 8.88. The summed E-state index contributed by atoms with van der Waals surface area (Å²) in [6, 6.07) is 0. The summed E-state index contributed by atoms with van der Waals surface area (Å²) >= 11 is 3.23. The molecule has 0 amide bonds. The number of aliphatic carboxylic acids is 1. The topological polar surface area (TPSA) is 66.6 Å². The first-order valence-corrected chi connectivity index (χ1v) is 4.81. The number of nitrogens with two attached hydrogens (primary N) is 1. The fraction of sp³-hybridized carbons (Fsp3) is 0.625. The van der Waals surface area contributed by atoms with Crippen LogP contribution in [-0.2, 0) is 4.79 Å². The number of rotatable bonds is 3. The average Bonchev–Trinajstić information content (AvgIpc) is 2.32. The number of carbonyl (C=O) groups is 1. The highest BCUT2D eigenvalue weighted by Crippen LogP contribution is 2.20. The van der Waals surface area contributed by atoms with Gasteiger partial charge < -0.3 is 10.8 Å². The first-order chi connectivity index (χ1) is 5.94. The van der Waals surface area contributed by atoms with Gasteiger partial charge in [0, 0.05) is 24.1 Å². The van der Waals surface area contributed by atoms with Crippen LogP contribution in [0, 0.1) is 0 Å². The Bertz CT molecular complexity index is 244. The van der Waals surface area contributed by atoms with Gasteiger partial charge in [-0.3, -0.25) is 9.69 Å². The van der Waals surface area contributed by atoms with Crippen molar-refractivity contribution < 1.29 is 9.90 Å². The summed E-state index contributed by atoms with van der Waals surface area (Å²) in [7, 11) is 0. The maximum Gasteiger partial charge on any atom is 0.325 e. The van der Waals surface area contributed by atoms with Crippen molar-refractivity contribution in [3.05, 3.63) is 11.1 Å². The Morgan fingerprint density at radius 3 is 2.77 bits per heavy atom. The summed E-state index contributed by atoms with van der Waals surface area (Å²) in [5.41, 5.74) is 4.61. The van der Waals surface area contributed by atoms with Crippen LogP contribution in [0.5, 0.6) is 0 Å². The molecule has 13 heavy (non-hydrogen) atoms. The van der Waals surface area contributed by atoms with Crippen molar-refractivity contribution in [3.63, 3.8) is 0 Å². The van der Waals surface area contributed by atoms with Crippen molar-refractivity contribution in [2.24, 2.45) is 5.73 Å². The molecule has 1 atom stereocenters. The average molecular weight is 249 g/mol. The monoisotopic (exact) mass is 248 g/mol.